The predicted octanol–water partition coefficient (Wildman–Crippen LogP) is 2.66. The Kier molecular flexibility index (Phi) is 16.0. The quantitative estimate of drug-likeness (QED) is 0.586. The molecule has 0 aromatic rings. The number of rotatable bonds is 2. The van der Waals surface area contributed by atoms with Crippen LogP contribution >= 0.6 is 24.8 Å². The maximum absolute atomic E-state index is 2.33. The third kappa shape index (κ3) is 17.7. The summed E-state index contributed by atoms with van der Waals surface area (Å²) in [7, 11) is 0.281. The molecule has 0 amide bonds. The summed E-state index contributed by atoms with van der Waals surface area (Å²) < 4.78 is 0. The normalized spacial score (nSPS) is 8.67. The van der Waals surface area contributed by atoms with E-state index in [0.717, 1.165) is 11.1 Å². The molecule has 0 aliphatic heterocycles. The van der Waals surface area contributed by atoms with E-state index in [2.05, 4.69) is 27.7 Å². The summed E-state index contributed by atoms with van der Waals surface area (Å²) in [5.74, 6) is 0. The summed E-state index contributed by atoms with van der Waals surface area (Å²) in [5, 5.41) is 0. The van der Waals surface area contributed by atoms with Crippen LogP contribution in [0.4, 0.5) is 0 Å². The van der Waals surface area contributed by atoms with Crippen molar-refractivity contribution >= 4 is 34.3 Å². The van der Waals surface area contributed by atoms with Crippen molar-refractivity contribution in [2.75, 3.05) is 0 Å². The average Bonchev–Trinajstić information content (AvgIpc) is 1.27. The van der Waals surface area contributed by atoms with Crippen LogP contribution in [-0.4, -0.2) is 9.52 Å². The van der Waals surface area contributed by atoms with Crippen LogP contribution in [0.3, 0.4) is 0 Å². The van der Waals surface area contributed by atoms with Gasteiger partial charge in [0.2, 0.25) is 0 Å². The van der Waals surface area contributed by atoms with Gasteiger partial charge in [-0.05, 0) is 0 Å². The van der Waals surface area contributed by atoms with Gasteiger partial charge in [0.05, 0.1) is 0 Å². The Labute approximate surface area is 73.4 Å². The van der Waals surface area contributed by atoms with Crippen LogP contribution in [-0.2, 0) is 0 Å². The molecule has 0 aliphatic rings. The topological polar surface area (TPSA) is 0 Å². The van der Waals surface area contributed by atoms with E-state index in [1.807, 2.05) is 0 Å². The Hall–Kier alpha value is 0.797. The van der Waals surface area contributed by atoms with E-state index < -0.39 is 0 Å². The first-order valence-corrected chi connectivity index (χ1v) is 4.76. The van der Waals surface area contributed by atoms with Gasteiger partial charge in [-0.15, -0.1) is 24.8 Å². The highest BCUT2D eigenvalue weighted by Gasteiger charge is 1.97. The van der Waals surface area contributed by atoms with Crippen molar-refractivity contribution < 1.29 is 0 Å². The first-order valence-electron chi connectivity index (χ1n) is 3.13. The van der Waals surface area contributed by atoms with Gasteiger partial charge in [-0.1, -0.05) is 38.8 Å². The SMILES string of the molecule is CC(C)[SiH2]C(C)C.Cl.Cl. The molecule has 60 valence electrons. The minimum absolute atomic E-state index is 0. The Morgan fingerprint density at radius 3 is 1.00 bits per heavy atom. The monoisotopic (exact) mass is 188 g/mol. The van der Waals surface area contributed by atoms with Gasteiger partial charge in [0.15, 0.2) is 0 Å². The lowest BCUT2D eigenvalue weighted by atomic mass is 10.5. The van der Waals surface area contributed by atoms with Gasteiger partial charge in [0, 0.05) is 9.52 Å². The van der Waals surface area contributed by atoms with Crippen LogP contribution in [0.2, 0.25) is 11.1 Å². The van der Waals surface area contributed by atoms with Crippen LogP contribution < -0.4 is 0 Å². The maximum atomic E-state index is 2.33. The molecule has 9 heavy (non-hydrogen) atoms. The van der Waals surface area contributed by atoms with E-state index in [1.165, 1.54) is 0 Å². The second-order valence-electron chi connectivity index (χ2n) is 3.02. The molecule has 0 heterocycles. The van der Waals surface area contributed by atoms with Gasteiger partial charge in [-0.2, -0.15) is 0 Å². The summed E-state index contributed by atoms with van der Waals surface area (Å²) in [4.78, 5) is 0. The molecular formula is C6H18Cl2Si. The fourth-order valence-corrected chi connectivity index (χ4v) is 2.83. The second kappa shape index (κ2) is 8.80. The van der Waals surface area contributed by atoms with Crippen LogP contribution in [0.1, 0.15) is 27.7 Å². The van der Waals surface area contributed by atoms with Crippen LogP contribution in [0.25, 0.3) is 0 Å². The highest BCUT2D eigenvalue weighted by molar-refractivity contribution is 6.38. The van der Waals surface area contributed by atoms with Crippen molar-refractivity contribution in [3.8, 4) is 0 Å². The highest BCUT2D eigenvalue weighted by Crippen LogP contribution is 2.07. The standard InChI is InChI=1S/C6H16Si.2ClH/c1-5(2)7-6(3)4;;/h5-6H,7H2,1-4H3;2*1H. The van der Waals surface area contributed by atoms with Gasteiger partial charge in [-0.25, -0.2) is 0 Å². The molecule has 0 atom stereocenters. The van der Waals surface area contributed by atoms with E-state index in [4.69, 9.17) is 0 Å². The minimum Gasteiger partial charge on any atom is -0.147 e. The van der Waals surface area contributed by atoms with Gasteiger partial charge in [0.1, 0.15) is 0 Å². The fraction of sp³-hybridized carbons (Fsp3) is 1.00. The summed E-state index contributed by atoms with van der Waals surface area (Å²) in [6.07, 6.45) is 0. The second-order valence-corrected chi connectivity index (χ2v) is 6.76. The summed E-state index contributed by atoms with van der Waals surface area (Å²) in [6, 6.07) is 0. The van der Waals surface area contributed by atoms with Crippen molar-refractivity contribution in [3.63, 3.8) is 0 Å². The summed E-state index contributed by atoms with van der Waals surface area (Å²) >= 11 is 0. The molecule has 0 aliphatic carbocycles. The first kappa shape index (κ1) is 16.4. The third-order valence-corrected chi connectivity index (χ3v) is 2.83. The molecule has 0 saturated heterocycles. The van der Waals surface area contributed by atoms with Gasteiger partial charge < -0.3 is 0 Å². The zero-order valence-corrected chi connectivity index (χ0v) is 9.73. The minimum atomic E-state index is 0. The zero-order chi connectivity index (χ0) is 5.86. The van der Waals surface area contributed by atoms with Crippen LogP contribution in [0.5, 0.6) is 0 Å². The van der Waals surface area contributed by atoms with Crippen LogP contribution in [0, 0.1) is 0 Å². The Bertz CT molecular complexity index is 40.3. The lowest BCUT2D eigenvalue weighted by Gasteiger charge is -2.04. The van der Waals surface area contributed by atoms with Crippen molar-refractivity contribution in [1.29, 1.82) is 0 Å². The molecule has 0 aromatic heterocycles. The molecule has 0 fully saturated rings. The number of hydrogen-bond acceptors (Lipinski definition) is 0. The zero-order valence-electron chi connectivity index (χ0n) is 6.68. The van der Waals surface area contributed by atoms with E-state index >= 15 is 0 Å². The third-order valence-electron chi connectivity index (χ3n) is 0.943. The molecule has 0 bridgehead atoms. The largest absolute Gasteiger partial charge is 0.147 e. The maximum Gasteiger partial charge on any atom is 0.0250 e. The van der Waals surface area contributed by atoms with Gasteiger partial charge in [0.25, 0.3) is 0 Å². The molecular weight excluding hydrogens is 171 g/mol. The number of halogens is 2. The van der Waals surface area contributed by atoms with Crippen molar-refractivity contribution in [3.05, 3.63) is 0 Å². The molecule has 0 rings (SSSR count). The van der Waals surface area contributed by atoms with Crippen LogP contribution in [0.15, 0.2) is 0 Å². The van der Waals surface area contributed by atoms with E-state index in [-0.39, 0.29) is 34.3 Å². The molecule has 0 aromatic carbocycles. The van der Waals surface area contributed by atoms with Crippen molar-refractivity contribution in [1.82, 2.24) is 0 Å². The Balaban J connectivity index is -0.000000180. The molecule has 0 unspecified atom stereocenters. The average molecular weight is 189 g/mol. The van der Waals surface area contributed by atoms with E-state index in [1.54, 1.807) is 0 Å². The smallest absolute Gasteiger partial charge is 0.0250 e. The summed E-state index contributed by atoms with van der Waals surface area (Å²) in [5.41, 5.74) is 2.03. The Morgan fingerprint density at radius 1 is 0.778 bits per heavy atom. The first-order chi connectivity index (χ1) is 3.13. The fourth-order valence-electron chi connectivity index (χ4n) is 0.943. The highest BCUT2D eigenvalue weighted by atomic mass is 35.5. The molecule has 0 N–H and O–H groups in total. The summed E-state index contributed by atoms with van der Waals surface area (Å²) in [6.45, 7) is 9.30. The lowest BCUT2D eigenvalue weighted by molar-refractivity contribution is 0.971. The number of hydrogen-bond donors (Lipinski definition) is 0. The molecule has 0 nitrogen and oxygen atoms in total. The lowest BCUT2D eigenvalue weighted by Crippen LogP contribution is -1.98. The predicted molar refractivity (Wildman–Crippen MR) is 53.2 cm³/mol. The van der Waals surface area contributed by atoms with E-state index in [9.17, 15) is 0 Å². The molecule has 0 radical (unpaired) electrons. The molecule has 3 heteroatoms. The molecule has 0 spiro atoms. The molecule has 0 saturated carbocycles. The Morgan fingerprint density at radius 2 is 1.00 bits per heavy atom. The van der Waals surface area contributed by atoms with Crippen molar-refractivity contribution in [2.24, 2.45) is 0 Å². The van der Waals surface area contributed by atoms with Gasteiger partial charge >= 0.3 is 0 Å². The van der Waals surface area contributed by atoms with E-state index in [0.29, 0.717) is 0 Å². The van der Waals surface area contributed by atoms with Crippen molar-refractivity contribution in [2.45, 2.75) is 38.8 Å². The van der Waals surface area contributed by atoms with Gasteiger partial charge in [-0.3, -0.25) is 0 Å².